The Kier molecular flexibility index (Phi) is 5.64. The maximum Gasteiger partial charge on any atom is 0.224 e. The normalized spacial score (nSPS) is 12.5. The van der Waals surface area contributed by atoms with Crippen LogP contribution in [-0.4, -0.2) is 8.07 Å². The van der Waals surface area contributed by atoms with Gasteiger partial charge in [-0.15, -0.1) is 0 Å². The third kappa shape index (κ3) is 3.25. The first kappa shape index (κ1) is 22.9. The summed E-state index contributed by atoms with van der Waals surface area (Å²) in [4.78, 5) is 0. The van der Waals surface area contributed by atoms with Gasteiger partial charge in [0.2, 0.25) is 5.69 Å². The van der Waals surface area contributed by atoms with Gasteiger partial charge in [-0.1, -0.05) is 75.3 Å². The number of para-hydroxylation sites is 1. The van der Waals surface area contributed by atoms with Crippen molar-refractivity contribution in [3.8, 4) is 11.3 Å². The van der Waals surface area contributed by atoms with Crippen molar-refractivity contribution in [2.45, 2.75) is 59.2 Å². The molecule has 2 nitrogen and oxygen atoms in total. The van der Waals surface area contributed by atoms with E-state index >= 15 is 0 Å². The second-order valence-electron chi connectivity index (χ2n) is 10.3. The first-order valence-corrected chi connectivity index (χ1v) is 15.2. The molecule has 0 amide bonds. The first-order chi connectivity index (χ1) is 16.3. The molecule has 0 spiro atoms. The zero-order chi connectivity index (χ0) is 24.2. The van der Waals surface area contributed by atoms with Crippen LogP contribution in [-0.2, 0) is 7.05 Å². The highest BCUT2D eigenvalue weighted by Gasteiger charge is 2.35. The van der Waals surface area contributed by atoms with E-state index in [1.165, 1.54) is 56.0 Å². The number of aromatic nitrogens is 1. The van der Waals surface area contributed by atoms with E-state index < -0.39 is 8.07 Å². The van der Waals surface area contributed by atoms with Crippen LogP contribution in [0.15, 0.2) is 65.2 Å². The molecule has 0 atom stereocenters. The van der Waals surface area contributed by atoms with Crippen LogP contribution in [0.1, 0.15) is 38.8 Å². The quantitative estimate of drug-likeness (QED) is 0.190. The van der Waals surface area contributed by atoms with E-state index in [1.54, 1.807) is 5.19 Å². The fourth-order valence-electron chi connectivity index (χ4n) is 6.17. The second-order valence-corrected chi connectivity index (χ2v) is 15.7. The third-order valence-corrected chi connectivity index (χ3v) is 14.7. The van der Waals surface area contributed by atoms with Crippen molar-refractivity contribution >= 4 is 46.0 Å². The van der Waals surface area contributed by atoms with E-state index in [1.807, 2.05) is 0 Å². The molecule has 0 fully saturated rings. The zero-order valence-corrected chi connectivity index (χ0v) is 22.6. The lowest BCUT2D eigenvalue weighted by Crippen LogP contribution is -2.49. The molecule has 0 aliphatic carbocycles. The number of hydrogen-bond donors (Lipinski definition) is 0. The van der Waals surface area contributed by atoms with E-state index in [2.05, 4.69) is 114 Å². The Bertz CT molecular complexity index is 1540. The van der Waals surface area contributed by atoms with Gasteiger partial charge in [0.15, 0.2) is 6.20 Å². The summed E-state index contributed by atoms with van der Waals surface area (Å²) in [5, 5.41) is 6.60. The molecule has 34 heavy (non-hydrogen) atoms. The minimum atomic E-state index is -1.54. The van der Waals surface area contributed by atoms with E-state index in [0.29, 0.717) is 0 Å². The van der Waals surface area contributed by atoms with Crippen LogP contribution in [0, 0.1) is 13.8 Å². The van der Waals surface area contributed by atoms with Crippen LogP contribution >= 0.6 is 0 Å². The number of pyridine rings is 1. The van der Waals surface area contributed by atoms with Crippen molar-refractivity contribution in [1.29, 1.82) is 0 Å². The van der Waals surface area contributed by atoms with Crippen LogP contribution < -0.4 is 9.75 Å². The minimum absolute atomic E-state index is 0.730. The number of rotatable bonds is 5. The number of benzene rings is 3. The fourth-order valence-corrected chi connectivity index (χ4v) is 10.6. The summed E-state index contributed by atoms with van der Waals surface area (Å²) in [6, 6.07) is 22.9. The maximum absolute atomic E-state index is 6.52. The van der Waals surface area contributed by atoms with Gasteiger partial charge in [0, 0.05) is 16.8 Å². The van der Waals surface area contributed by atoms with Gasteiger partial charge in [-0.25, -0.2) is 4.57 Å². The highest BCUT2D eigenvalue weighted by molar-refractivity contribution is 6.93. The standard InChI is InChI=1S/C31H36NOSi/c1-8-34(9-2,20(3)4)24-14-15-25-23(19-24)16-17-32(7)30(25)29-22(6)21(5)18-27-26-12-10-11-13-28(26)33-31(27)29/h10-20H,8-9H2,1-7H3/q+1. The molecule has 3 heteroatoms. The Morgan fingerprint density at radius 1 is 0.882 bits per heavy atom. The van der Waals surface area contributed by atoms with Crippen LogP contribution in [0.4, 0.5) is 0 Å². The Morgan fingerprint density at radius 3 is 2.32 bits per heavy atom. The largest absolute Gasteiger partial charge is 0.455 e. The second kappa shape index (κ2) is 8.39. The molecule has 5 aromatic rings. The summed E-state index contributed by atoms with van der Waals surface area (Å²) in [5.74, 6) is 0. The summed E-state index contributed by atoms with van der Waals surface area (Å²) in [6.45, 7) is 14.1. The molecule has 0 saturated carbocycles. The molecule has 0 aliphatic rings. The number of fused-ring (bicyclic) bond motifs is 4. The molecule has 174 valence electrons. The first-order valence-electron chi connectivity index (χ1n) is 12.7. The number of furan rings is 1. The Hall–Kier alpha value is -2.91. The van der Waals surface area contributed by atoms with Crippen molar-refractivity contribution in [2.75, 3.05) is 0 Å². The molecule has 2 aromatic heterocycles. The average molecular weight is 467 g/mol. The van der Waals surface area contributed by atoms with Crippen molar-refractivity contribution in [3.63, 3.8) is 0 Å². The molecule has 0 unspecified atom stereocenters. The molecule has 3 aromatic carbocycles. The van der Waals surface area contributed by atoms with E-state index in [9.17, 15) is 0 Å². The summed E-state index contributed by atoms with van der Waals surface area (Å²) in [6.07, 6.45) is 2.22. The molecule has 2 heterocycles. The SMILES string of the molecule is CC[Si](CC)(c1ccc2c(-c3c(C)c(C)cc4c3oc3ccccc34)[n+](C)ccc2c1)C(C)C. The number of aryl methyl sites for hydroxylation is 2. The van der Waals surface area contributed by atoms with Gasteiger partial charge in [-0.2, -0.15) is 0 Å². The van der Waals surface area contributed by atoms with Crippen molar-refractivity contribution in [3.05, 3.63) is 71.9 Å². The van der Waals surface area contributed by atoms with E-state index in [-0.39, 0.29) is 0 Å². The lowest BCUT2D eigenvalue weighted by molar-refractivity contribution is -0.659. The van der Waals surface area contributed by atoms with Crippen LogP contribution in [0.2, 0.25) is 17.6 Å². The van der Waals surface area contributed by atoms with Crippen LogP contribution in [0.5, 0.6) is 0 Å². The Labute approximate surface area is 204 Å². The van der Waals surface area contributed by atoms with E-state index in [0.717, 1.165) is 16.7 Å². The van der Waals surface area contributed by atoms with Crippen LogP contribution in [0.25, 0.3) is 44.0 Å². The van der Waals surface area contributed by atoms with Gasteiger partial charge in [-0.3, -0.25) is 0 Å². The topological polar surface area (TPSA) is 17.0 Å². The van der Waals surface area contributed by atoms with Crippen molar-refractivity contribution in [2.24, 2.45) is 7.05 Å². The lowest BCUT2D eigenvalue weighted by atomic mass is 9.94. The molecular weight excluding hydrogens is 430 g/mol. The smallest absolute Gasteiger partial charge is 0.224 e. The highest BCUT2D eigenvalue weighted by atomic mass is 28.3. The number of hydrogen-bond acceptors (Lipinski definition) is 1. The van der Waals surface area contributed by atoms with Gasteiger partial charge >= 0.3 is 0 Å². The van der Waals surface area contributed by atoms with Gasteiger partial charge < -0.3 is 4.42 Å². The molecule has 0 aliphatic heterocycles. The lowest BCUT2D eigenvalue weighted by Gasteiger charge is -2.34. The fraction of sp³-hybridized carbons (Fsp3) is 0.323. The maximum atomic E-state index is 6.52. The van der Waals surface area contributed by atoms with Crippen molar-refractivity contribution < 1.29 is 8.98 Å². The summed E-state index contributed by atoms with van der Waals surface area (Å²) in [7, 11) is 0.621. The van der Waals surface area contributed by atoms with Crippen molar-refractivity contribution in [1.82, 2.24) is 0 Å². The van der Waals surface area contributed by atoms with Gasteiger partial charge in [-0.05, 0) is 54.1 Å². The predicted octanol–water partition coefficient (Wildman–Crippen LogP) is 7.95. The van der Waals surface area contributed by atoms with E-state index in [4.69, 9.17) is 4.42 Å². The molecule has 0 bridgehead atoms. The summed E-state index contributed by atoms with van der Waals surface area (Å²) < 4.78 is 8.78. The third-order valence-electron chi connectivity index (χ3n) is 8.50. The molecule has 5 rings (SSSR count). The summed E-state index contributed by atoms with van der Waals surface area (Å²) in [5.41, 5.74) is 7.70. The van der Waals surface area contributed by atoms with Gasteiger partial charge in [0.1, 0.15) is 18.2 Å². The average Bonchev–Trinajstić information content (AvgIpc) is 3.19. The molecule has 0 radical (unpaired) electrons. The Balaban J connectivity index is 1.85. The summed E-state index contributed by atoms with van der Waals surface area (Å²) >= 11 is 0. The number of nitrogens with zero attached hydrogens (tertiary/aromatic N) is 1. The highest BCUT2D eigenvalue weighted by Crippen LogP contribution is 2.40. The molecular formula is C31H36NOSi+. The van der Waals surface area contributed by atoms with Crippen LogP contribution in [0.3, 0.4) is 0 Å². The predicted molar refractivity (Wildman–Crippen MR) is 149 cm³/mol. The monoisotopic (exact) mass is 466 g/mol. The molecule has 0 N–H and O–H groups in total. The minimum Gasteiger partial charge on any atom is -0.455 e. The molecule has 0 saturated heterocycles. The van der Waals surface area contributed by atoms with Gasteiger partial charge in [0.25, 0.3) is 0 Å². The zero-order valence-electron chi connectivity index (χ0n) is 21.6. The van der Waals surface area contributed by atoms with Gasteiger partial charge in [0.05, 0.1) is 19.0 Å². The Morgan fingerprint density at radius 2 is 1.62 bits per heavy atom.